The third-order valence-corrected chi connectivity index (χ3v) is 4.64. The number of ether oxygens (including phenoxy) is 1. The van der Waals surface area contributed by atoms with Crippen LogP contribution in [-0.4, -0.2) is 50.5 Å². The van der Waals surface area contributed by atoms with Gasteiger partial charge in [0.2, 0.25) is 10.0 Å². The van der Waals surface area contributed by atoms with Gasteiger partial charge >= 0.3 is 0 Å². The van der Waals surface area contributed by atoms with Crippen molar-refractivity contribution in [3.8, 4) is 0 Å². The van der Waals surface area contributed by atoms with Gasteiger partial charge in [-0.1, -0.05) is 0 Å². The van der Waals surface area contributed by atoms with Gasteiger partial charge in [-0.25, -0.2) is 13.1 Å². The zero-order chi connectivity index (χ0) is 13.9. The Kier molecular flexibility index (Phi) is 4.56. The van der Waals surface area contributed by atoms with Crippen LogP contribution in [-0.2, 0) is 21.3 Å². The maximum atomic E-state index is 12.2. The van der Waals surface area contributed by atoms with Gasteiger partial charge in [-0.15, -0.1) is 0 Å². The largest absolute Gasteiger partial charge is 0.377 e. The number of nitrogens with zero attached hydrogens (tertiary/aromatic N) is 2. The Morgan fingerprint density at radius 1 is 1.58 bits per heavy atom. The van der Waals surface area contributed by atoms with Crippen LogP contribution in [0.4, 0.5) is 0 Å². The summed E-state index contributed by atoms with van der Waals surface area (Å²) in [7, 11) is -1.68. The molecule has 0 saturated carbocycles. The summed E-state index contributed by atoms with van der Waals surface area (Å²) in [6.07, 6.45) is 3.53. The molecule has 0 spiro atoms. The minimum absolute atomic E-state index is 0.0888. The summed E-state index contributed by atoms with van der Waals surface area (Å²) >= 11 is 0. The number of hydrogen-bond acceptors (Lipinski definition) is 5. The van der Waals surface area contributed by atoms with Crippen LogP contribution in [0.3, 0.4) is 0 Å². The molecular weight excluding hydrogens is 268 g/mol. The van der Waals surface area contributed by atoms with E-state index < -0.39 is 10.0 Å². The highest BCUT2D eigenvalue weighted by Gasteiger charge is 2.29. The van der Waals surface area contributed by atoms with Crippen LogP contribution in [0.5, 0.6) is 0 Å². The molecule has 19 heavy (non-hydrogen) atoms. The number of rotatable bonds is 6. The molecule has 0 aromatic carbocycles. The van der Waals surface area contributed by atoms with E-state index in [1.807, 2.05) is 14.0 Å². The van der Waals surface area contributed by atoms with E-state index in [1.165, 1.54) is 6.20 Å². The molecule has 1 aliphatic rings. The van der Waals surface area contributed by atoms with Crippen molar-refractivity contribution in [2.24, 2.45) is 0 Å². The first-order valence-electron chi connectivity index (χ1n) is 6.34. The van der Waals surface area contributed by atoms with Crippen molar-refractivity contribution in [2.75, 3.05) is 20.2 Å². The average molecular weight is 288 g/mol. The fraction of sp³-hybridized carbons (Fsp3) is 0.727. The first-order chi connectivity index (χ1) is 9.03. The Morgan fingerprint density at radius 2 is 2.37 bits per heavy atom. The summed E-state index contributed by atoms with van der Waals surface area (Å²) in [4.78, 5) is 0.197. The quantitative estimate of drug-likeness (QED) is 0.741. The lowest BCUT2D eigenvalue weighted by Gasteiger charge is -2.15. The summed E-state index contributed by atoms with van der Waals surface area (Å²) in [6, 6.07) is -0.161. The zero-order valence-corrected chi connectivity index (χ0v) is 12.0. The van der Waals surface area contributed by atoms with E-state index in [9.17, 15) is 8.42 Å². The van der Waals surface area contributed by atoms with E-state index in [1.54, 1.807) is 10.9 Å². The first kappa shape index (κ1) is 14.4. The molecule has 8 heteroatoms. The Labute approximate surface area is 113 Å². The highest BCUT2D eigenvalue weighted by molar-refractivity contribution is 7.89. The van der Waals surface area contributed by atoms with Crippen molar-refractivity contribution in [3.63, 3.8) is 0 Å². The van der Waals surface area contributed by atoms with Gasteiger partial charge in [-0.05, 0) is 20.4 Å². The first-order valence-corrected chi connectivity index (χ1v) is 7.82. The van der Waals surface area contributed by atoms with Crippen LogP contribution in [0.25, 0.3) is 0 Å². The fourth-order valence-electron chi connectivity index (χ4n) is 1.99. The van der Waals surface area contributed by atoms with E-state index in [0.29, 0.717) is 19.6 Å². The van der Waals surface area contributed by atoms with E-state index in [0.717, 1.165) is 6.54 Å². The molecule has 108 valence electrons. The zero-order valence-electron chi connectivity index (χ0n) is 11.2. The third kappa shape index (κ3) is 3.53. The predicted molar refractivity (Wildman–Crippen MR) is 70.3 cm³/mol. The highest BCUT2D eigenvalue weighted by Crippen LogP contribution is 2.16. The number of sulfonamides is 1. The third-order valence-electron chi connectivity index (χ3n) is 3.19. The van der Waals surface area contributed by atoms with Crippen molar-refractivity contribution in [3.05, 3.63) is 12.4 Å². The lowest BCUT2D eigenvalue weighted by atomic mass is 10.2. The molecule has 2 atom stereocenters. The van der Waals surface area contributed by atoms with Crippen LogP contribution >= 0.6 is 0 Å². The smallest absolute Gasteiger partial charge is 0.244 e. The van der Waals surface area contributed by atoms with Crippen molar-refractivity contribution < 1.29 is 13.2 Å². The molecule has 2 rings (SSSR count). The van der Waals surface area contributed by atoms with Crippen LogP contribution in [0, 0.1) is 0 Å². The normalized spacial score (nSPS) is 23.9. The summed E-state index contributed by atoms with van der Waals surface area (Å²) in [5.41, 5.74) is 0. The minimum atomic E-state index is -3.51. The van der Waals surface area contributed by atoms with Crippen LogP contribution in [0.2, 0.25) is 0 Å². The van der Waals surface area contributed by atoms with Crippen LogP contribution in [0.1, 0.15) is 13.3 Å². The van der Waals surface area contributed by atoms with Gasteiger partial charge in [0.15, 0.2) is 0 Å². The molecule has 2 N–H and O–H groups in total. The van der Waals surface area contributed by atoms with Crippen LogP contribution in [0.15, 0.2) is 17.3 Å². The second-order valence-corrected chi connectivity index (χ2v) is 6.35. The Bertz CT molecular complexity index is 514. The lowest BCUT2D eigenvalue weighted by Crippen LogP contribution is -2.38. The maximum absolute atomic E-state index is 12.2. The Hall–Kier alpha value is -0.960. The molecule has 7 nitrogen and oxygen atoms in total. The molecule has 0 amide bonds. The van der Waals surface area contributed by atoms with Crippen molar-refractivity contribution >= 4 is 10.0 Å². The Balaban J connectivity index is 2.04. The molecular formula is C11H20N4O3S. The molecule has 1 aliphatic heterocycles. The maximum Gasteiger partial charge on any atom is 0.244 e. The van der Waals surface area contributed by atoms with Gasteiger partial charge in [-0.2, -0.15) is 5.10 Å². The predicted octanol–water partition coefficient (Wildman–Crippen LogP) is -0.442. The highest BCUT2D eigenvalue weighted by atomic mass is 32.2. The van der Waals surface area contributed by atoms with E-state index in [-0.39, 0.29) is 17.0 Å². The second kappa shape index (κ2) is 6.00. The average Bonchev–Trinajstić information content (AvgIpc) is 2.97. The summed E-state index contributed by atoms with van der Waals surface area (Å²) in [5.74, 6) is 0. The number of aromatic nitrogens is 2. The molecule has 1 fully saturated rings. The summed E-state index contributed by atoms with van der Waals surface area (Å²) in [6.45, 7) is 3.84. The van der Waals surface area contributed by atoms with Gasteiger partial charge < -0.3 is 10.1 Å². The fourth-order valence-corrected chi connectivity index (χ4v) is 3.28. The van der Waals surface area contributed by atoms with Gasteiger partial charge in [0.1, 0.15) is 4.90 Å². The minimum Gasteiger partial charge on any atom is -0.377 e. The molecule has 2 heterocycles. The van der Waals surface area contributed by atoms with Crippen molar-refractivity contribution in [1.82, 2.24) is 19.8 Å². The number of nitrogens with one attached hydrogen (secondary N) is 2. The summed E-state index contributed by atoms with van der Waals surface area (Å²) in [5, 5.41) is 7.03. The summed E-state index contributed by atoms with van der Waals surface area (Å²) < 4.78 is 34.0. The van der Waals surface area contributed by atoms with E-state index in [4.69, 9.17) is 4.74 Å². The van der Waals surface area contributed by atoms with Gasteiger partial charge in [0.25, 0.3) is 0 Å². The molecule has 0 radical (unpaired) electrons. The van der Waals surface area contributed by atoms with E-state index in [2.05, 4.69) is 15.1 Å². The second-order valence-electron chi connectivity index (χ2n) is 4.64. The van der Waals surface area contributed by atoms with Gasteiger partial charge in [-0.3, -0.25) is 4.68 Å². The molecule has 0 aliphatic carbocycles. The lowest BCUT2D eigenvalue weighted by molar-refractivity contribution is 0.117. The van der Waals surface area contributed by atoms with Crippen molar-refractivity contribution in [1.29, 1.82) is 0 Å². The standard InChI is InChI=1S/C11H20N4O3S/c1-9-11(3-6-18-9)14-19(16,17)10-7-13-15(8-10)5-4-12-2/h7-9,11-12,14H,3-6H2,1-2H3. The Morgan fingerprint density at radius 3 is 3.00 bits per heavy atom. The molecule has 1 aromatic rings. The molecule has 0 bridgehead atoms. The topological polar surface area (TPSA) is 85.2 Å². The van der Waals surface area contributed by atoms with Crippen molar-refractivity contribution in [2.45, 2.75) is 36.9 Å². The van der Waals surface area contributed by atoms with E-state index >= 15 is 0 Å². The molecule has 1 aromatic heterocycles. The van der Waals surface area contributed by atoms with Gasteiger partial charge in [0, 0.05) is 19.3 Å². The molecule has 2 unspecified atom stereocenters. The van der Waals surface area contributed by atoms with Gasteiger partial charge in [0.05, 0.1) is 24.9 Å². The molecule has 1 saturated heterocycles. The number of likely N-dealkylation sites (N-methyl/N-ethyl adjacent to an activating group) is 1. The monoisotopic (exact) mass is 288 g/mol. The SMILES string of the molecule is CNCCn1cc(S(=O)(=O)NC2CCOC2C)cn1. The van der Waals surface area contributed by atoms with Crippen LogP contribution < -0.4 is 10.0 Å². The number of hydrogen-bond donors (Lipinski definition) is 2.